The molecular formula is C31H33F2N4O11P. The number of carboxylic acid groups (broad SMARTS) is 1. The average molecular weight is 707 g/mol. The van der Waals surface area contributed by atoms with E-state index >= 15 is 8.78 Å². The topological polar surface area (TPSA) is 197 Å². The Bertz CT molecular complexity index is 1930. The molecule has 6 rings (SSSR count). The summed E-state index contributed by atoms with van der Waals surface area (Å²) in [6.07, 6.45) is 0.309. The van der Waals surface area contributed by atoms with Crippen LogP contribution in [0, 0.1) is 17.6 Å². The van der Waals surface area contributed by atoms with Crippen LogP contribution in [0.4, 0.5) is 25.0 Å². The largest absolute Gasteiger partial charge is 0.490 e. The monoisotopic (exact) mass is 706 g/mol. The number of hydrogen-bond donors (Lipinski definition) is 4. The van der Waals surface area contributed by atoms with Crippen molar-refractivity contribution >= 4 is 48.1 Å². The van der Waals surface area contributed by atoms with E-state index in [0.717, 1.165) is 25.0 Å². The van der Waals surface area contributed by atoms with Gasteiger partial charge in [-0.15, -0.1) is 0 Å². The minimum absolute atomic E-state index is 0.0418. The molecule has 15 nitrogen and oxygen atoms in total. The minimum atomic E-state index is -5.09. The Morgan fingerprint density at radius 1 is 1.10 bits per heavy atom. The van der Waals surface area contributed by atoms with Gasteiger partial charge in [-0.25, -0.2) is 22.9 Å². The second-order valence-electron chi connectivity index (χ2n) is 12.2. The van der Waals surface area contributed by atoms with Gasteiger partial charge in [0, 0.05) is 37.2 Å². The summed E-state index contributed by atoms with van der Waals surface area (Å²) in [7, 11) is -5.09. The maximum Gasteiger partial charge on any atom is 0.471 e. The molecule has 0 spiro atoms. The van der Waals surface area contributed by atoms with E-state index in [1.54, 1.807) is 4.57 Å². The zero-order valence-corrected chi connectivity index (χ0v) is 27.0. The third-order valence-electron chi connectivity index (χ3n) is 8.66. The number of pyridine rings is 1. The van der Waals surface area contributed by atoms with Crippen LogP contribution in [0.2, 0.25) is 0 Å². The molecule has 262 valence electrons. The Hall–Kier alpha value is -4.57. The Labute approximate surface area is 277 Å². The first-order valence-corrected chi connectivity index (χ1v) is 17.0. The van der Waals surface area contributed by atoms with Crippen molar-refractivity contribution in [3.8, 4) is 5.75 Å². The SMILES string of the molecule is CC(=O)NC[C@H]1CN(c2ccc(OCC3CCN(c4cc5c(cc4F)c(=O)c(C(=O)O)cn5C4CC4)C(OP(=O)(O)O)C3)c(F)c2)C(=O)O1. The molecule has 2 saturated heterocycles. The molecule has 3 atom stereocenters. The number of carbonyl (C=O) groups is 3. The predicted octanol–water partition coefficient (Wildman–Crippen LogP) is 3.50. The number of carbonyl (C=O) groups excluding carboxylic acids is 2. The molecule has 2 amide bonds. The van der Waals surface area contributed by atoms with Crippen molar-refractivity contribution in [3.05, 3.63) is 63.9 Å². The highest BCUT2D eigenvalue weighted by atomic mass is 31.2. The van der Waals surface area contributed by atoms with Gasteiger partial charge in [0.1, 0.15) is 23.7 Å². The zero-order chi connectivity index (χ0) is 35.2. The Kier molecular flexibility index (Phi) is 9.37. The van der Waals surface area contributed by atoms with Crippen LogP contribution in [0.25, 0.3) is 10.9 Å². The van der Waals surface area contributed by atoms with Gasteiger partial charge >= 0.3 is 19.9 Å². The van der Waals surface area contributed by atoms with Crippen LogP contribution in [0.5, 0.6) is 5.75 Å². The first-order chi connectivity index (χ1) is 23.2. The number of ether oxygens (including phenoxy) is 2. The fourth-order valence-corrected chi connectivity index (χ4v) is 6.66. The predicted molar refractivity (Wildman–Crippen MR) is 169 cm³/mol. The number of fused-ring (bicyclic) bond motifs is 1. The average Bonchev–Trinajstić information content (AvgIpc) is 3.80. The lowest BCUT2D eigenvalue weighted by atomic mass is 9.95. The van der Waals surface area contributed by atoms with Gasteiger partial charge in [0.25, 0.3) is 0 Å². The van der Waals surface area contributed by atoms with E-state index in [1.165, 1.54) is 41.1 Å². The first-order valence-electron chi connectivity index (χ1n) is 15.5. The Balaban J connectivity index is 1.18. The van der Waals surface area contributed by atoms with Gasteiger partial charge in [-0.05, 0) is 55.9 Å². The number of amides is 2. The number of hydrogen-bond acceptors (Lipinski definition) is 9. The first kappa shape index (κ1) is 34.3. The van der Waals surface area contributed by atoms with Crippen molar-refractivity contribution in [3.63, 3.8) is 0 Å². The molecule has 49 heavy (non-hydrogen) atoms. The van der Waals surface area contributed by atoms with Crippen LogP contribution in [-0.4, -0.2) is 76.0 Å². The van der Waals surface area contributed by atoms with Crippen molar-refractivity contribution in [2.24, 2.45) is 5.92 Å². The molecule has 1 aromatic heterocycles. The van der Waals surface area contributed by atoms with Crippen molar-refractivity contribution in [2.75, 3.05) is 36.0 Å². The minimum Gasteiger partial charge on any atom is -0.490 e. The highest BCUT2D eigenvalue weighted by molar-refractivity contribution is 7.46. The van der Waals surface area contributed by atoms with Crippen molar-refractivity contribution in [1.82, 2.24) is 9.88 Å². The Morgan fingerprint density at radius 2 is 1.86 bits per heavy atom. The summed E-state index contributed by atoms with van der Waals surface area (Å²) >= 11 is 0. The quantitative estimate of drug-likeness (QED) is 0.212. The molecule has 3 fully saturated rings. The van der Waals surface area contributed by atoms with Gasteiger partial charge in [-0.2, -0.15) is 0 Å². The number of halogens is 2. The van der Waals surface area contributed by atoms with Crippen LogP contribution < -0.4 is 25.3 Å². The molecule has 3 aliphatic rings. The van der Waals surface area contributed by atoms with E-state index in [2.05, 4.69) is 5.32 Å². The van der Waals surface area contributed by atoms with Crippen LogP contribution in [-0.2, 0) is 18.6 Å². The van der Waals surface area contributed by atoms with Crippen LogP contribution in [0.3, 0.4) is 0 Å². The number of aromatic carboxylic acids is 1. The second kappa shape index (κ2) is 13.4. The maximum absolute atomic E-state index is 15.6. The number of phosphoric acid groups is 1. The molecule has 1 aliphatic carbocycles. The van der Waals surface area contributed by atoms with Gasteiger partial charge in [0.05, 0.1) is 36.6 Å². The number of piperidine rings is 1. The third kappa shape index (κ3) is 7.54. The second-order valence-corrected chi connectivity index (χ2v) is 13.4. The number of carboxylic acids is 1. The lowest BCUT2D eigenvalue weighted by molar-refractivity contribution is -0.119. The molecule has 0 bridgehead atoms. The van der Waals surface area contributed by atoms with E-state index in [4.69, 9.17) is 14.0 Å². The lowest BCUT2D eigenvalue weighted by Crippen LogP contribution is -2.45. The van der Waals surface area contributed by atoms with E-state index < -0.39 is 60.8 Å². The number of phosphoric ester groups is 1. The maximum atomic E-state index is 15.6. The molecule has 3 aromatic rings. The molecule has 0 radical (unpaired) electrons. The Morgan fingerprint density at radius 3 is 2.51 bits per heavy atom. The van der Waals surface area contributed by atoms with E-state index in [0.29, 0.717) is 6.42 Å². The summed E-state index contributed by atoms with van der Waals surface area (Å²) in [5.41, 5.74) is -0.947. The van der Waals surface area contributed by atoms with E-state index in [1.807, 2.05) is 0 Å². The molecule has 1 saturated carbocycles. The molecule has 18 heteroatoms. The van der Waals surface area contributed by atoms with E-state index in [9.17, 15) is 38.6 Å². The standard InChI is InChI=1S/C31H33F2N4O11P/c1-16(38)34-12-20-13-37(31(42)47-20)19-4-5-27(24(33)9-19)46-15-17-6-7-35(28(8-17)48-49(43,44)45)26-11-25-21(10-23(26)32)29(39)22(30(40)41)14-36(25)18-2-3-18/h4-5,9-11,14,17-18,20,28H,2-3,6-8,12-13,15H2,1H3,(H,34,38)(H,40,41)(H2,43,44,45)/t17?,20-,28?/m0/s1. The summed E-state index contributed by atoms with van der Waals surface area (Å²) < 4.78 is 60.3. The smallest absolute Gasteiger partial charge is 0.471 e. The highest BCUT2D eigenvalue weighted by Crippen LogP contribution is 2.44. The number of anilines is 2. The lowest BCUT2D eigenvalue weighted by Gasteiger charge is -2.40. The van der Waals surface area contributed by atoms with Crippen molar-refractivity contribution in [2.45, 2.75) is 51.0 Å². The van der Waals surface area contributed by atoms with E-state index in [-0.39, 0.29) is 72.6 Å². The van der Waals surface area contributed by atoms with Gasteiger partial charge in [0.2, 0.25) is 11.3 Å². The highest BCUT2D eigenvalue weighted by Gasteiger charge is 2.37. The van der Waals surface area contributed by atoms with Crippen LogP contribution in [0.15, 0.2) is 41.3 Å². The number of aromatic nitrogens is 1. The van der Waals surface area contributed by atoms with Crippen molar-refractivity contribution in [1.29, 1.82) is 0 Å². The van der Waals surface area contributed by atoms with Gasteiger partial charge in [0.15, 0.2) is 11.6 Å². The summed E-state index contributed by atoms with van der Waals surface area (Å²) in [6, 6.07) is 6.10. The summed E-state index contributed by atoms with van der Waals surface area (Å²) in [6.45, 7) is 1.49. The normalized spacial score (nSPS) is 21.2. The van der Waals surface area contributed by atoms with Crippen LogP contribution >= 0.6 is 7.82 Å². The molecule has 4 N–H and O–H groups in total. The van der Waals surface area contributed by atoms with Gasteiger partial charge < -0.3 is 39.2 Å². The number of nitrogens with one attached hydrogen (secondary N) is 1. The fraction of sp³-hybridized carbons (Fsp3) is 0.419. The molecule has 2 aromatic carbocycles. The molecule has 3 heterocycles. The van der Waals surface area contributed by atoms with Crippen molar-refractivity contribution < 1.29 is 56.6 Å². The van der Waals surface area contributed by atoms with Gasteiger partial charge in [-0.3, -0.25) is 19.0 Å². The number of rotatable bonds is 11. The number of nitrogens with zero attached hydrogens (tertiary/aromatic N) is 3. The molecule has 2 unspecified atom stereocenters. The zero-order valence-electron chi connectivity index (χ0n) is 26.1. The third-order valence-corrected chi connectivity index (χ3v) is 9.17. The van der Waals surface area contributed by atoms with Crippen LogP contribution in [0.1, 0.15) is 49.0 Å². The van der Waals surface area contributed by atoms with Gasteiger partial charge in [-0.1, -0.05) is 0 Å². The molecule has 2 aliphatic heterocycles. The molecular weight excluding hydrogens is 673 g/mol. The summed E-state index contributed by atoms with van der Waals surface area (Å²) in [4.78, 5) is 70.0. The fourth-order valence-electron chi connectivity index (χ4n) is 6.15. The summed E-state index contributed by atoms with van der Waals surface area (Å²) in [5, 5.41) is 11.9. The number of benzene rings is 2. The number of cyclic esters (lactones) is 1. The summed E-state index contributed by atoms with van der Waals surface area (Å²) in [5.74, 6) is -3.96.